The van der Waals surface area contributed by atoms with Crippen LogP contribution in [0.2, 0.25) is 0 Å². The molecule has 0 amide bonds. The van der Waals surface area contributed by atoms with Crippen molar-refractivity contribution in [2.24, 2.45) is 7.05 Å². The molecule has 0 saturated heterocycles. The summed E-state index contributed by atoms with van der Waals surface area (Å²) in [7, 11) is 3.14. The number of fused-ring (bicyclic) bond motifs is 2. The van der Waals surface area contributed by atoms with Gasteiger partial charge >= 0.3 is 12.1 Å². The lowest BCUT2D eigenvalue weighted by Crippen LogP contribution is -2.31. The second kappa shape index (κ2) is 10.1. The number of esters is 1. The number of aromatic nitrogens is 2. The van der Waals surface area contributed by atoms with Crippen LogP contribution in [0.25, 0.3) is 0 Å². The molecule has 3 aromatic rings. The van der Waals surface area contributed by atoms with Crippen molar-refractivity contribution in [2.45, 2.75) is 44.6 Å². The third kappa shape index (κ3) is 5.44. The van der Waals surface area contributed by atoms with E-state index in [0.717, 1.165) is 28.8 Å². The lowest BCUT2D eigenvalue weighted by atomic mass is 9.95. The maximum atomic E-state index is 14.0. The molecule has 1 aromatic heterocycles. The first kappa shape index (κ1) is 25.1. The smallest absolute Gasteiger partial charge is 0.416 e. The molecule has 2 heterocycles. The zero-order chi connectivity index (χ0) is 26.2. The van der Waals surface area contributed by atoms with E-state index >= 15 is 0 Å². The molecule has 0 bridgehead atoms. The van der Waals surface area contributed by atoms with Crippen LogP contribution in [0, 0.1) is 0 Å². The molecule has 196 valence electrons. The maximum Gasteiger partial charge on any atom is 0.416 e. The summed E-state index contributed by atoms with van der Waals surface area (Å²) in [4.78, 5) is 13.3. The van der Waals surface area contributed by atoms with Crippen molar-refractivity contribution in [1.82, 2.24) is 14.7 Å². The van der Waals surface area contributed by atoms with Gasteiger partial charge in [0.05, 0.1) is 18.4 Å². The van der Waals surface area contributed by atoms with Crippen LogP contribution in [0.5, 0.6) is 11.5 Å². The van der Waals surface area contributed by atoms with Crippen molar-refractivity contribution in [3.05, 3.63) is 76.1 Å². The van der Waals surface area contributed by atoms with E-state index in [1.165, 1.54) is 13.2 Å². The Hall–Kier alpha value is -3.53. The van der Waals surface area contributed by atoms with E-state index in [1.807, 2.05) is 13.2 Å². The van der Waals surface area contributed by atoms with Gasteiger partial charge in [-0.1, -0.05) is 6.07 Å². The number of rotatable bonds is 7. The SMILES string of the molecule is COC(=O)COc1ccc(O[C@@H]2CCc3c2ccc(C(F)(F)F)c3CN2CCc3nn(C)cc3C2)cc1. The van der Waals surface area contributed by atoms with E-state index in [9.17, 15) is 18.0 Å². The lowest BCUT2D eigenvalue weighted by molar-refractivity contribution is -0.143. The van der Waals surface area contributed by atoms with Gasteiger partial charge in [0.15, 0.2) is 6.61 Å². The van der Waals surface area contributed by atoms with E-state index in [2.05, 4.69) is 14.7 Å². The molecule has 10 heteroatoms. The summed E-state index contributed by atoms with van der Waals surface area (Å²) in [5.74, 6) is 0.576. The fourth-order valence-corrected chi connectivity index (χ4v) is 5.16. The minimum absolute atomic E-state index is 0.198. The molecule has 0 spiro atoms. The van der Waals surface area contributed by atoms with Crippen molar-refractivity contribution in [3.8, 4) is 11.5 Å². The highest BCUT2D eigenvalue weighted by Crippen LogP contribution is 2.43. The number of methoxy groups -OCH3 is 1. The molecule has 0 unspecified atom stereocenters. The molecule has 0 saturated carbocycles. The fraction of sp³-hybridized carbons (Fsp3) is 0.407. The van der Waals surface area contributed by atoms with Gasteiger partial charge in [0, 0.05) is 44.9 Å². The molecule has 1 atom stereocenters. The summed E-state index contributed by atoms with van der Waals surface area (Å²) in [6.45, 7) is 1.27. The van der Waals surface area contributed by atoms with Gasteiger partial charge in [-0.2, -0.15) is 18.3 Å². The molecule has 37 heavy (non-hydrogen) atoms. The second-order valence-electron chi connectivity index (χ2n) is 9.37. The largest absolute Gasteiger partial charge is 0.486 e. The molecule has 2 aromatic carbocycles. The Kier molecular flexibility index (Phi) is 6.85. The second-order valence-corrected chi connectivity index (χ2v) is 9.37. The number of benzene rings is 2. The Morgan fingerprint density at radius 3 is 2.59 bits per heavy atom. The van der Waals surface area contributed by atoms with E-state index in [1.54, 1.807) is 35.0 Å². The molecular formula is C27H28F3N3O4. The monoisotopic (exact) mass is 515 g/mol. The van der Waals surface area contributed by atoms with Crippen molar-refractivity contribution in [1.29, 1.82) is 0 Å². The molecule has 1 aliphatic carbocycles. The Bertz CT molecular complexity index is 1290. The molecule has 5 rings (SSSR count). The number of ether oxygens (including phenoxy) is 3. The summed E-state index contributed by atoms with van der Waals surface area (Å²) >= 11 is 0. The first-order valence-corrected chi connectivity index (χ1v) is 12.1. The highest BCUT2D eigenvalue weighted by molar-refractivity contribution is 5.70. The van der Waals surface area contributed by atoms with E-state index in [4.69, 9.17) is 9.47 Å². The van der Waals surface area contributed by atoms with Gasteiger partial charge in [-0.15, -0.1) is 0 Å². The fourth-order valence-electron chi connectivity index (χ4n) is 5.16. The molecule has 1 aliphatic heterocycles. The minimum Gasteiger partial charge on any atom is -0.486 e. The van der Waals surface area contributed by atoms with Gasteiger partial charge in [0.2, 0.25) is 0 Å². The predicted molar refractivity (Wildman–Crippen MR) is 128 cm³/mol. The van der Waals surface area contributed by atoms with E-state index in [-0.39, 0.29) is 19.3 Å². The zero-order valence-electron chi connectivity index (χ0n) is 20.7. The van der Waals surface area contributed by atoms with Crippen LogP contribution >= 0.6 is 0 Å². The Morgan fingerprint density at radius 1 is 1.11 bits per heavy atom. The number of nitrogens with zero attached hydrogens (tertiary/aromatic N) is 3. The standard InChI is InChI=1S/C27H28F3N3O4/c1-32-13-17-14-33(12-11-24(17)31-32)15-22-20-8-10-25(21(20)7-9-23(22)27(28,29)30)37-19-5-3-18(4-6-19)36-16-26(34)35-2/h3-7,9,13,25H,8,10-12,14-16H2,1-2H3/t25-/m1/s1. The molecule has 7 nitrogen and oxygen atoms in total. The number of hydrogen-bond donors (Lipinski definition) is 0. The van der Waals surface area contributed by atoms with Crippen LogP contribution in [0.4, 0.5) is 13.2 Å². The number of hydrogen-bond acceptors (Lipinski definition) is 6. The van der Waals surface area contributed by atoms with Gasteiger partial charge < -0.3 is 14.2 Å². The average Bonchev–Trinajstić information content (AvgIpc) is 3.45. The van der Waals surface area contributed by atoms with Crippen LogP contribution in [0.3, 0.4) is 0 Å². The van der Waals surface area contributed by atoms with Gasteiger partial charge in [-0.25, -0.2) is 4.79 Å². The summed E-state index contributed by atoms with van der Waals surface area (Å²) < 4.78 is 59.9. The number of carbonyl (C=O) groups excluding carboxylic acids is 1. The molecule has 0 fully saturated rings. The summed E-state index contributed by atoms with van der Waals surface area (Å²) in [5.41, 5.74) is 3.38. The van der Waals surface area contributed by atoms with Gasteiger partial charge in [-0.3, -0.25) is 9.58 Å². The van der Waals surface area contributed by atoms with Crippen molar-refractivity contribution in [3.63, 3.8) is 0 Å². The van der Waals surface area contributed by atoms with Crippen LogP contribution < -0.4 is 9.47 Å². The predicted octanol–water partition coefficient (Wildman–Crippen LogP) is 4.62. The molecular weight excluding hydrogens is 487 g/mol. The summed E-state index contributed by atoms with van der Waals surface area (Å²) in [6, 6.07) is 9.54. The molecule has 0 radical (unpaired) electrons. The van der Waals surface area contributed by atoms with Crippen molar-refractivity contribution >= 4 is 5.97 Å². The number of halogens is 3. The van der Waals surface area contributed by atoms with Crippen LogP contribution in [-0.2, 0) is 48.7 Å². The normalized spacial score (nSPS) is 17.3. The highest BCUT2D eigenvalue weighted by atomic mass is 19.4. The Labute approximate surface area is 212 Å². The zero-order valence-corrected chi connectivity index (χ0v) is 20.7. The van der Waals surface area contributed by atoms with Crippen LogP contribution in [-0.4, -0.2) is 40.9 Å². The van der Waals surface area contributed by atoms with Gasteiger partial charge in [0.1, 0.15) is 17.6 Å². The van der Waals surface area contributed by atoms with Crippen LogP contribution in [0.15, 0.2) is 42.6 Å². The average molecular weight is 516 g/mol. The summed E-state index contributed by atoms with van der Waals surface area (Å²) in [6.07, 6.45) is -1.00. The number of alkyl halides is 3. The third-order valence-corrected chi connectivity index (χ3v) is 6.89. The molecule has 2 aliphatic rings. The van der Waals surface area contributed by atoms with Crippen molar-refractivity contribution < 1.29 is 32.2 Å². The number of carbonyl (C=O) groups is 1. The Balaban J connectivity index is 1.35. The van der Waals surface area contributed by atoms with Gasteiger partial charge in [0.25, 0.3) is 0 Å². The molecule has 0 N–H and O–H groups in total. The first-order valence-electron chi connectivity index (χ1n) is 12.1. The quantitative estimate of drug-likeness (QED) is 0.428. The number of aryl methyl sites for hydroxylation is 1. The lowest BCUT2D eigenvalue weighted by Gasteiger charge is -2.28. The summed E-state index contributed by atoms with van der Waals surface area (Å²) in [5, 5.41) is 4.45. The van der Waals surface area contributed by atoms with Gasteiger partial charge in [-0.05, 0) is 59.9 Å². The first-order chi connectivity index (χ1) is 17.7. The topological polar surface area (TPSA) is 65.8 Å². The van der Waals surface area contributed by atoms with Crippen LogP contribution in [0.1, 0.15) is 46.0 Å². The van der Waals surface area contributed by atoms with E-state index in [0.29, 0.717) is 43.0 Å². The highest BCUT2D eigenvalue weighted by Gasteiger charge is 2.38. The third-order valence-electron chi connectivity index (χ3n) is 6.89. The minimum atomic E-state index is -4.43. The maximum absolute atomic E-state index is 14.0. The Morgan fingerprint density at radius 2 is 1.86 bits per heavy atom. The van der Waals surface area contributed by atoms with Crippen molar-refractivity contribution in [2.75, 3.05) is 20.3 Å². The van der Waals surface area contributed by atoms with E-state index < -0.39 is 17.7 Å².